The highest BCUT2D eigenvalue weighted by atomic mass is 16.7. The van der Waals surface area contributed by atoms with E-state index < -0.39 is 182 Å². The number of nitrogens with two attached hydrogens (primary N) is 1. The van der Waals surface area contributed by atoms with Crippen molar-refractivity contribution in [3.63, 3.8) is 0 Å². The number of hydrogen-bond donors (Lipinski definition) is 15. The van der Waals surface area contributed by atoms with Crippen LogP contribution in [0.2, 0.25) is 0 Å². The molecule has 0 aliphatic carbocycles. The van der Waals surface area contributed by atoms with Crippen molar-refractivity contribution in [2.45, 2.75) is 178 Å². The second-order valence-electron chi connectivity index (χ2n) is 18.6. The highest BCUT2D eigenvalue weighted by Gasteiger charge is 2.47. The zero-order valence-corrected chi connectivity index (χ0v) is 41.9. The van der Waals surface area contributed by atoms with E-state index in [2.05, 4.69) is 37.2 Å². The lowest BCUT2D eigenvalue weighted by Gasteiger charge is -2.42. The van der Waals surface area contributed by atoms with Gasteiger partial charge in [-0.3, -0.25) is 47.9 Å². The predicted octanol–water partition coefficient (Wildman–Crippen LogP) is -8.48. The molecule has 3 heterocycles. The highest BCUT2D eigenvalue weighted by molar-refractivity contribution is 5.98. The van der Waals surface area contributed by atoms with E-state index in [4.69, 9.17) is 15.2 Å². The minimum atomic E-state index is -1.94. The van der Waals surface area contributed by atoms with E-state index in [0.29, 0.717) is 12.8 Å². The Kier molecular flexibility index (Phi) is 23.8. The van der Waals surface area contributed by atoms with E-state index in [1.54, 1.807) is 13.8 Å². The van der Waals surface area contributed by atoms with E-state index >= 15 is 0 Å². The third-order valence-corrected chi connectivity index (χ3v) is 12.9. The first kappa shape index (κ1) is 61.6. The number of amides is 10. The van der Waals surface area contributed by atoms with E-state index in [-0.39, 0.29) is 32.4 Å². The summed E-state index contributed by atoms with van der Waals surface area (Å²) in [6.07, 6.45) is -10.3. The molecular weight excluding hydrogens is 973 g/mol. The molecule has 16 N–H and O–H groups in total. The minimum Gasteiger partial charge on any atom is -0.394 e. The molecule has 3 aliphatic rings. The van der Waals surface area contributed by atoms with Crippen molar-refractivity contribution in [1.29, 1.82) is 0 Å². The van der Waals surface area contributed by atoms with Gasteiger partial charge in [0, 0.05) is 26.9 Å². The molecule has 0 aromatic rings. The lowest BCUT2D eigenvalue weighted by Crippen LogP contribution is -2.66. The molecule has 3 aliphatic heterocycles. The number of likely N-dealkylation sites (tertiary alicyclic amines) is 2. The van der Waals surface area contributed by atoms with Gasteiger partial charge in [-0.25, -0.2) is 0 Å². The summed E-state index contributed by atoms with van der Waals surface area (Å²) >= 11 is 0. The van der Waals surface area contributed by atoms with Crippen LogP contribution in [0.4, 0.5) is 0 Å². The van der Waals surface area contributed by atoms with E-state index in [9.17, 15) is 83.7 Å². The molecule has 0 spiro atoms. The first-order chi connectivity index (χ1) is 34.2. The van der Waals surface area contributed by atoms with Gasteiger partial charge in [0.25, 0.3) is 0 Å². The van der Waals surface area contributed by atoms with Gasteiger partial charge in [-0.05, 0) is 52.4 Å². The Morgan fingerprint density at radius 1 is 0.658 bits per heavy atom. The quantitative estimate of drug-likeness (QED) is 0.0404. The Balaban J connectivity index is 1.92. The maximum Gasteiger partial charge on any atom is 0.248 e. The predicted molar refractivity (Wildman–Crippen MR) is 249 cm³/mol. The van der Waals surface area contributed by atoms with Crippen LogP contribution in [0.15, 0.2) is 0 Å². The third kappa shape index (κ3) is 16.4. The topological polar surface area (TPSA) is 447 Å². The summed E-state index contributed by atoms with van der Waals surface area (Å²) in [5.41, 5.74) is 5.24. The van der Waals surface area contributed by atoms with Crippen molar-refractivity contribution in [2.24, 2.45) is 11.7 Å². The normalized spacial score (nSPS) is 26.0. The van der Waals surface area contributed by atoms with Crippen LogP contribution in [0.5, 0.6) is 0 Å². The Morgan fingerprint density at radius 2 is 1.15 bits per heavy atom. The molecule has 0 saturated carbocycles. The van der Waals surface area contributed by atoms with Gasteiger partial charge in [-0.2, -0.15) is 0 Å². The number of hydrogen-bond acceptors (Lipinski definition) is 19. The fraction of sp³-hybridized carbons (Fsp3) is 0.773. The third-order valence-electron chi connectivity index (χ3n) is 12.9. The minimum absolute atomic E-state index is 0.0264. The Labute approximate surface area is 421 Å². The average Bonchev–Trinajstić information content (AvgIpc) is 4.04. The molecule has 3 rings (SSSR count). The summed E-state index contributed by atoms with van der Waals surface area (Å²) in [7, 11) is 0. The van der Waals surface area contributed by atoms with E-state index in [0.717, 1.165) is 25.7 Å². The summed E-state index contributed by atoms with van der Waals surface area (Å²) in [6.45, 7) is 6.46. The summed E-state index contributed by atoms with van der Waals surface area (Å²) < 4.78 is 11.4. The number of carbonyl (C=O) groups is 10. The molecular formula is C44H74N10O19. The lowest BCUT2D eigenvalue weighted by molar-refractivity contribution is -0.271. The van der Waals surface area contributed by atoms with Gasteiger partial charge in [0.2, 0.25) is 59.1 Å². The van der Waals surface area contributed by atoms with Crippen molar-refractivity contribution in [3.8, 4) is 0 Å². The van der Waals surface area contributed by atoms with Crippen LogP contribution in [0.1, 0.15) is 80.6 Å². The first-order valence-electron chi connectivity index (χ1n) is 24.1. The molecule has 0 aromatic heterocycles. The average molecular weight is 1050 g/mol. The van der Waals surface area contributed by atoms with Crippen molar-refractivity contribution >= 4 is 59.1 Å². The molecule has 0 aromatic carbocycles. The second-order valence-corrected chi connectivity index (χ2v) is 18.6. The molecule has 0 radical (unpaired) electrons. The van der Waals surface area contributed by atoms with Crippen LogP contribution in [-0.2, 0) is 57.4 Å². The molecule has 414 valence electrons. The number of primary amides is 1. The Bertz CT molecular complexity index is 1980. The lowest BCUT2D eigenvalue weighted by atomic mass is 9.97. The van der Waals surface area contributed by atoms with Gasteiger partial charge in [0.1, 0.15) is 72.7 Å². The van der Waals surface area contributed by atoms with Gasteiger partial charge >= 0.3 is 0 Å². The largest absolute Gasteiger partial charge is 0.394 e. The molecule has 3 fully saturated rings. The molecule has 10 amide bonds. The second kappa shape index (κ2) is 28.1. The first-order valence-corrected chi connectivity index (χ1v) is 24.1. The molecule has 3 saturated heterocycles. The number of carbonyl (C=O) groups excluding carboxylic acids is 10. The Hall–Kier alpha value is -5.66. The van der Waals surface area contributed by atoms with Crippen LogP contribution in [0.3, 0.4) is 0 Å². The number of aliphatic hydroxyl groups excluding tert-OH is 7. The zero-order valence-electron chi connectivity index (χ0n) is 41.9. The van der Waals surface area contributed by atoms with Gasteiger partial charge < -0.3 is 98.0 Å². The van der Waals surface area contributed by atoms with Gasteiger partial charge in [-0.1, -0.05) is 20.3 Å². The highest BCUT2D eigenvalue weighted by Crippen LogP contribution is 2.24. The van der Waals surface area contributed by atoms with Crippen molar-refractivity contribution < 1.29 is 93.2 Å². The number of aliphatic hydroxyl groups is 7. The summed E-state index contributed by atoms with van der Waals surface area (Å²) in [5.74, 6) is -10.0. The maximum atomic E-state index is 14.3. The molecule has 29 heteroatoms. The van der Waals surface area contributed by atoms with Crippen LogP contribution < -0.4 is 43.0 Å². The molecule has 17 atom stereocenters. The number of ether oxygens (including phenoxy) is 2. The summed E-state index contributed by atoms with van der Waals surface area (Å²) in [5, 5.41) is 89.1. The smallest absolute Gasteiger partial charge is 0.248 e. The monoisotopic (exact) mass is 1050 g/mol. The zero-order chi connectivity index (χ0) is 55.2. The SMILES string of the molecule is CC[C@H](C)[C@H](NC(=O)[C@@H]1CCCN1C(=O)[C@@H](NC(=O)[C@H](CO[C@H]1O[C@H](CO)[C@H](O)[C@H](O)[C@H]1NC(C)=O)NC(=O)[C@@H](NC(=O)[C@@H]1CCCN1C(C)=O)[C@@H](C)O)[C@@H](C)O)C(=O)N[C@@H](CO)C(=O)N[C@H](C(N)=O)[C@@H](C)O. The standard InChI is InChI=1S/C44H74N10O19/c1-8-18(2)29(41(69)47-24(15-55)37(65)50-30(19(3)57)36(45)64)49-40(68)27-12-10-14-54(27)43(71)32(21(5)59)52-38(66)25(17-72-44-33(46-22(6)60)35(63)34(62)28(16-56)73-44)48-42(70)31(20(4)58)51-39(67)26-11-9-13-53(26)23(7)61/h18-21,24-35,44,55-59,62-63H,8-17H2,1-7H3,(H2,45,64)(H,46,60)(H,47,69)(H,48,70)(H,49,68)(H,50,65)(H,51,67)(H,52,66)/t18-,19+,20+,21+,24-,25-,26-,27-,28+,29-,30-,31-,32-,33+,34-,35+,44-/m0/s1. The number of rotatable bonds is 25. The molecule has 29 nitrogen and oxygen atoms in total. The van der Waals surface area contributed by atoms with Crippen LogP contribution in [0.25, 0.3) is 0 Å². The van der Waals surface area contributed by atoms with Crippen LogP contribution in [-0.4, -0.2) is 235 Å². The summed E-state index contributed by atoms with van der Waals surface area (Å²) in [4.78, 5) is 135. The van der Waals surface area contributed by atoms with Crippen molar-refractivity contribution in [3.05, 3.63) is 0 Å². The number of nitrogens with one attached hydrogen (secondary N) is 7. The van der Waals surface area contributed by atoms with Gasteiger partial charge in [0.05, 0.1) is 38.1 Å². The molecule has 0 unspecified atom stereocenters. The number of nitrogens with zero attached hydrogens (tertiary/aromatic N) is 2. The van der Waals surface area contributed by atoms with Crippen LogP contribution >= 0.6 is 0 Å². The summed E-state index contributed by atoms with van der Waals surface area (Å²) in [6, 6.07) is -14.0. The van der Waals surface area contributed by atoms with Gasteiger partial charge in [0.15, 0.2) is 6.29 Å². The fourth-order valence-electron chi connectivity index (χ4n) is 8.53. The molecule has 73 heavy (non-hydrogen) atoms. The van der Waals surface area contributed by atoms with Gasteiger partial charge in [-0.15, -0.1) is 0 Å². The van der Waals surface area contributed by atoms with Crippen molar-refractivity contribution in [2.75, 3.05) is 32.9 Å². The molecule has 0 bridgehead atoms. The maximum absolute atomic E-state index is 14.3. The fourth-order valence-corrected chi connectivity index (χ4v) is 8.53. The van der Waals surface area contributed by atoms with Crippen molar-refractivity contribution in [1.82, 2.24) is 47.0 Å². The van der Waals surface area contributed by atoms with Crippen LogP contribution in [0, 0.1) is 5.92 Å². The van der Waals surface area contributed by atoms with E-state index in [1.165, 1.54) is 18.7 Å². The van der Waals surface area contributed by atoms with E-state index in [1.807, 2.05) is 0 Å². The Morgan fingerprint density at radius 3 is 1.64 bits per heavy atom.